The maximum absolute atomic E-state index is 11.8. The molecule has 0 fully saturated rings. The van der Waals surface area contributed by atoms with Crippen LogP contribution in [0, 0.1) is 0 Å². The molecule has 110 valence electrons. The second-order valence-corrected chi connectivity index (χ2v) is 5.06. The van der Waals surface area contributed by atoms with Gasteiger partial charge in [0.15, 0.2) is 0 Å². The van der Waals surface area contributed by atoms with Crippen molar-refractivity contribution in [2.75, 3.05) is 6.54 Å². The van der Waals surface area contributed by atoms with Crippen molar-refractivity contribution in [1.29, 1.82) is 0 Å². The van der Waals surface area contributed by atoms with Gasteiger partial charge in [-0.1, -0.05) is 30.3 Å². The van der Waals surface area contributed by atoms with Crippen LogP contribution in [0.4, 0.5) is 0 Å². The van der Waals surface area contributed by atoms with Crippen LogP contribution in [-0.2, 0) is 16.0 Å². The molecule has 2 amide bonds. The average Bonchev–Trinajstić information content (AvgIpc) is 2.38. The van der Waals surface area contributed by atoms with E-state index in [-0.39, 0.29) is 24.3 Å². The Morgan fingerprint density at radius 2 is 1.85 bits per heavy atom. The Bertz CT molecular complexity index is 432. The van der Waals surface area contributed by atoms with Gasteiger partial charge in [-0.15, -0.1) is 0 Å². The molecular weight excluding hydrogens is 254 g/mol. The fraction of sp³-hybridized carbons (Fsp3) is 0.467. The molecule has 0 heterocycles. The van der Waals surface area contributed by atoms with Crippen LogP contribution in [0.2, 0.25) is 0 Å². The van der Waals surface area contributed by atoms with Gasteiger partial charge in [0.2, 0.25) is 11.8 Å². The average molecular weight is 277 g/mol. The van der Waals surface area contributed by atoms with Gasteiger partial charge in [-0.2, -0.15) is 0 Å². The summed E-state index contributed by atoms with van der Waals surface area (Å²) in [5.41, 5.74) is 6.86. The number of hydrogen-bond acceptors (Lipinski definition) is 3. The van der Waals surface area contributed by atoms with E-state index >= 15 is 0 Å². The van der Waals surface area contributed by atoms with Gasteiger partial charge in [-0.25, -0.2) is 0 Å². The molecule has 1 rings (SSSR count). The zero-order valence-corrected chi connectivity index (χ0v) is 12.1. The smallest absolute Gasteiger partial charge is 0.237 e. The topological polar surface area (TPSA) is 84.2 Å². The Morgan fingerprint density at radius 1 is 1.20 bits per heavy atom. The SMILES string of the molecule is CC(C)NC(=O)CCNC(=O)[C@H](N)Cc1ccccc1. The van der Waals surface area contributed by atoms with E-state index in [1.807, 2.05) is 44.2 Å². The van der Waals surface area contributed by atoms with Gasteiger partial charge >= 0.3 is 0 Å². The van der Waals surface area contributed by atoms with Crippen molar-refractivity contribution >= 4 is 11.8 Å². The van der Waals surface area contributed by atoms with E-state index in [1.54, 1.807) is 0 Å². The third-order valence-electron chi connectivity index (χ3n) is 2.74. The van der Waals surface area contributed by atoms with Crippen LogP contribution in [0.15, 0.2) is 30.3 Å². The highest BCUT2D eigenvalue weighted by Crippen LogP contribution is 2.01. The van der Waals surface area contributed by atoms with Crippen LogP contribution < -0.4 is 16.4 Å². The number of nitrogens with one attached hydrogen (secondary N) is 2. The first-order chi connectivity index (χ1) is 9.49. The second-order valence-electron chi connectivity index (χ2n) is 5.06. The largest absolute Gasteiger partial charge is 0.354 e. The molecule has 0 unspecified atom stereocenters. The highest BCUT2D eigenvalue weighted by Gasteiger charge is 2.14. The van der Waals surface area contributed by atoms with Crippen LogP contribution in [0.5, 0.6) is 0 Å². The van der Waals surface area contributed by atoms with Crippen LogP contribution in [0.3, 0.4) is 0 Å². The van der Waals surface area contributed by atoms with Crippen molar-refractivity contribution in [3.63, 3.8) is 0 Å². The molecule has 0 aromatic heterocycles. The minimum Gasteiger partial charge on any atom is -0.354 e. The Morgan fingerprint density at radius 3 is 2.45 bits per heavy atom. The maximum atomic E-state index is 11.8. The van der Waals surface area contributed by atoms with Gasteiger partial charge < -0.3 is 16.4 Å². The first-order valence-corrected chi connectivity index (χ1v) is 6.85. The Balaban J connectivity index is 2.27. The van der Waals surface area contributed by atoms with E-state index in [4.69, 9.17) is 5.73 Å². The lowest BCUT2D eigenvalue weighted by atomic mass is 10.1. The number of rotatable bonds is 7. The van der Waals surface area contributed by atoms with Crippen molar-refractivity contribution in [2.45, 2.75) is 38.8 Å². The molecule has 4 N–H and O–H groups in total. The predicted octanol–water partition coefficient (Wildman–Crippen LogP) is 0.587. The molecule has 5 heteroatoms. The molecule has 0 spiro atoms. The van der Waals surface area contributed by atoms with Crippen molar-refractivity contribution in [2.24, 2.45) is 5.73 Å². The van der Waals surface area contributed by atoms with Gasteiger partial charge in [0.05, 0.1) is 6.04 Å². The molecule has 1 atom stereocenters. The third kappa shape index (κ3) is 6.33. The Hall–Kier alpha value is -1.88. The molecule has 0 radical (unpaired) electrons. The molecule has 0 saturated carbocycles. The van der Waals surface area contributed by atoms with E-state index in [1.165, 1.54) is 0 Å². The maximum Gasteiger partial charge on any atom is 0.237 e. The minimum absolute atomic E-state index is 0.0723. The zero-order chi connectivity index (χ0) is 15.0. The van der Waals surface area contributed by atoms with Crippen molar-refractivity contribution < 1.29 is 9.59 Å². The lowest BCUT2D eigenvalue weighted by molar-refractivity contribution is -0.123. The fourth-order valence-corrected chi connectivity index (χ4v) is 1.79. The quantitative estimate of drug-likeness (QED) is 0.682. The summed E-state index contributed by atoms with van der Waals surface area (Å²) < 4.78 is 0. The Labute approximate surface area is 119 Å². The standard InChI is InChI=1S/C15H23N3O2/c1-11(2)18-14(19)8-9-17-15(20)13(16)10-12-6-4-3-5-7-12/h3-7,11,13H,8-10,16H2,1-2H3,(H,17,20)(H,18,19)/t13-/m1/s1. The van der Waals surface area contributed by atoms with Crippen LogP contribution in [0.1, 0.15) is 25.8 Å². The lowest BCUT2D eigenvalue weighted by Crippen LogP contribution is -2.43. The van der Waals surface area contributed by atoms with Crippen molar-refractivity contribution in [3.8, 4) is 0 Å². The molecule has 1 aromatic carbocycles. The summed E-state index contributed by atoms with van der Waals surface area (Å²) in [6.45, 7) is 4.10. The van der Waals surface area contributed by atoms with E-state index in [0.29, 0.717) is 13.0 Å². The summed E-state index contributed by atoms with van der Waals surface area (Å²) in [6, 6.07) is 9.13. The van der Waals surface area contributed by atoms with Gasteiger partial charge in [0.25, 0.3) is 0 Å². The lowest BCUT2D eigenvalue weighted by Gasteiger charge is -2.13. The first-order valence-electron chi connectivity index (χ1n) is 6.85. The summed E-state index contributed by atoms with van der Waals surface area (Å²) in [7, 11) is 0. The van der Waals surface area contributed by atoms with Gasteiger partial charge in [0, 0.05) is 19.0 Å². The number of carbonyl (C=O) groups excluding carboxylic acids is 2. The molecular formula is C15H23N3O2. The molecule has 0 saturated heterocycles. The number of amides is 2. The molecule has 0 aliphatic rings. The van der Waals surface area contributed by atoms with Gasteiger partial charge in [-0.3, -0.25) is 9.59 Å². The molecule has 5 nitrogen and oxygen atoms in total. The minimum atomic E-state index is -0.592. The van der Waals surface area contributed by atoms with Crippen LogP contribution in [0.25, 0.3) is 0 Å². The third-order valence-corrected chi connectivity index (χ3v) is 2.74. The van der Waals surface area contributed by atoms with Gasteiger partial charge in [0.1, 0.15) is 0 Å². The van der Waals surface area contributed by atoms with Crippen LogP contribution in [-0.4, -0.2) is 30.4 Å². The summed E-state index contributed by atoms with van der Waals surface area (Å²) in [4.78, 5) is 23.2. The molecule has 1 aromatic rings. The summed E-state index contributed by atoms with van der Waals surface area (Å²) in [5.74, 6) is -0.303. The number of benzene rings is 1. The highest BCUT2D eigenvalue weighted by atomic mass is 16.2. The predicted molar refractivity (Wildman–Crippen MR) is 79.0 cm³/mol. The molecule has 20 heavy (non-hydrogen) atoms. The number of carbonyl (C=O) groups is 2. The van der Waals surface area contributed by atoms with E-state index in [9.17, 15) is 9.59 Å². The van der Waals surface area contributed by atoms with E-state index in [2.05, 4.69) is 10.6 Å². The van der Waals surface area contributed by atoms with E-state index < -0.39 is 6.04 Å². The van der Waals surface area contributed by atoms with Crippen molar-refractivity contribution in [1.82, 2.24) is 10.6 Å². The number of hydrogen-bond donors (Lipinski definition) is 3. The van der Waals surface area contributed by atoms with Crippen molar-refractivity contribution in [3.05, 3.63) is 35.9 Å². The fourth-order valence-electron chi connectivity index (χ4n) is 1.79. The normalized spacial score (nSPS) is 12.0. The first kappa shape index (κ1) is 16.2. The number of nitrogens with two attached hydrogens (primary N) is 1. The summed E-state index contributed by atoms with van der Waals surface area (Å²) in [5, 5.41) is 5.45. The van der Waals surface area contributed by atoms with E-state index in [0.717, 1.165) is 5.56 Å². The van der Waals surface area contributed by atoms with Gasteiger partial charge in [-0.05, 0) is 25.8 Å². The Kier molecular flexibility index (Phi) is 6.73. The highest BCUT2D eigenvalue weighted by molar-refractivity contribution is 5.82. The molecule has 0 aliphatic carbocycles. The zero-order valence-electron chi connectivity index (χ0n) is 12.1. The molecule has 0 aliphatic heterocycles. The second kappa shape index (κ2) is 8.32. The molecule has 0 bridgehead atoms. The van der Waals surface area contributed by atoms with Crippen LogP contribution >= 0.6 is 0 Å². The monoisotopic (exact) mass is 277 g/mol. The summed E-state index contributed by atoms with van der Waals surface area (Å²) >= 11 is 0. The summed E-state index contributed by atoms with van der Waals surface area (Å²) in [6.07, 6.45) is 0.757.